The van der Waals surface area contributed by atoms with Crippen LogP contribution in [0, 0.1) is 17.7 Å². The molecule has 1 fully saturated rings. The van der Waals surface area contributed by atoms with Gasteiger partial charge in [0.1, 0.15) is 5.82 Å². The lowest BCUT2D eigenvalue weighted by Gasteiger charge is -2.18. The van der Waals surface area contributed by atoms with Gasteiger partial charge in [0.15, 0.2) is 0 Å². The van der Waals surface area contributed by atoms with Crippen molar-refractivity contribution in [3.63, 3.8) is 0 Å². The van der Waals surface area contributed by atoms with Crippen molar-refractivity contribution in [2.45, 2.75) is 11.8 Å². The zero-order valence-electron chi connectivity index (χ0n) is 12.5. The second-order valence-electron chi connectivity index (χ2n) is 5.38. The van der Waals surface area contributed by atoms with Crippen molar-refractivity contribution >= 4 is 22.0 Å². The molecule has 0 amide bonds. The fourth-order valence-electron chi connectivity index (χ4n) is 2.58. The maximum Gasteiger partial charge on any atom is 0.339 e. The number of carboxylic acids is 1. The summed E-state index contributed by atoms with van der Waals surface area (Å²) in [5.74, 6) is -4.04. The average molecular weight is 345 g/mol. The van der Waals surface area contributed by atoms with Crippen molar-refractivity contribution in [1.29, 1.82) is 0 Å². The molecule has 2 atom stereocenters. The second kappa shape index (κ2) is 6.25. The minimum absolute atomic E-state index is 0.0112. The highest BCUT2D eigenvalue weighted by molar-refractivity contribution is 7.89. The Balaban J connectivity index is 2.45. The van der Waals surface area contributed by atoms with Crippen molar-refractivity contribution in [2.75, 3.05) is 20.2 Å². The quantitative estimate of drug-likeness (QED) is 0.816. The molecule has 0 radical (unpaired) electrons. The molecule has 1 aliphatic heterocycles. The van der Waals surface area contributed by atoms with Gasteiger partial charge in [-0.15, -0.1) is 0 Å². The van der Waals surface area contributed by atoms with E-state index < -0.39 is 44.2 Å². The summed E-state index contributed by atoms with van der Waals surface area (Å²) >= 11 is 0. The zero-order valence-corrected chi connectivity index (χ0v) is 13.3. The van der Waals surface area contributed by atoms with Gasteiger partial charge >= 0.3 is 11.9 Å². The van der Waals surface area contributed by atoms with E-state index in [1.165, 1.54) is 0 Å². The van der Waals surface area contributed by atoms with E-state index in [1.54, 1.807) is 6.92 Å². The molecule has 23 heavy (non-hydrogen) atoms. The molecule has 0 aromatic heterocycles. The molecule has 0 spiro atoms. The average Bonchev–Trinajstić information content (AvgIpc) is 2.89. The first-order valence-corrected chi connectivity index (χ1v) is 8.23. The monoisotopic (exact) mass is 345 g/mol. The summed E-state index contributed by atoms with van der Waals surface area (Å²) in [6.07, 6.45) is 0. The molecule has 1 aromatic carbocycles. The molecule has 1 N–H and O–H groups in total. The van der Waals surface area contributed by atoms with E-state index in [-0.39, 0.29) is 19.0 Å². The topological polar surface area (TPSA) is 101 Å². The third-order valence-corrected chi connectivity index (χ3v) is 5.75. The van der Waals surface area contributed by atoms with Gasteiger partial charge in [0.2, 0.25) is 10.0 Å². The van der Waals surface area contributed by atoms with Gasteiger partial charge in [0.05, 0.1) is 23.5 Å². The Morgan fingerprint density at radius 3 is 2.52 bits per heavy atom. The van der Waals surface area contributed by atoms with E-state index in [0.29, 0.717) is 0 Å². The molecule has 126 valence electrons. The van der Waals surface area contributed by atoms with Crippen LogP contribution in [-0.2, 0) is 19.6 Å². The maximum atomic E-state index is 13.3. The summed E-state index contributed by atoms with van der Waals surface area (Å²) in [4.78, 5) is 22.5. The Kier molecular flexibility index (Phi) is 4.71. The molecule has 0 unspecified atom stereocenters. The molecule has 0 saturated carbocycles. The SMILES string of the molecule is COC(=O)c1cc(F)ccc1S(=O)(=O)N1C[C@@H](C)[C@H](C(=O)O)C1. The Labute approximate surface area is 132 Å². The van der Waals surface area contributed by atoms with Gasteiger partial charge in [-0.2, -0.15) is 4.31 Å². The van der Waals surface area contributed by atoms with Gasteiger partial charge in [-0.3, -0.25) is 4.79 Å². The standard InChI is InChI=1S/C14H16FNO6S/c1-8-6-16(7-11(8)13(17)18)23(20,21)12-4-3-9(15)5-10(12)14(19)22-2/h3-5,8,11H,6-7H2,1-2H3,(H,17,18)/t8-,11-/m1/s1. The smallest absolute Gasteiger partial charge is 0.339 e. The molecular formula is C14H16FNO6S. The largest absolute Gasteiger partial charge is 0.481 e. The van der Waals surface area contributed by atoms with Gasteiger partial charge in [-0.05, 0) is 24.1 Å². The molecular weight excluding hydrogens is 329 g/mol. The third kappa shape index (κ3) is 3.20. The normalized spacial score (nSPS) is 22.0. The van der Waals surface area contributed by atoms with Crippen molar-refractivity contribution in [1.82, 2.24) is 4.31 Å². The number of carbonyl (C=O) groups excluding carboxylic acids is 1. The van der Waals surface area contributed by atoms with Crippen molar-refractivity contribution in [3.8, 4) is 0 Å². The first-order chi connectivity index (χ1) is 10.7. The van der Waals surface area contributed by atoms with Crippen LogP contribution in [-0.4, -0.2) is 50.0 Å². The van der Waals surface area contributed by atoms with Gasteiger partial charge in [-0.25, -0.2) is 17.6 Å². The summed E-state index contributed by atoms with van der Waals surface area (Å²) < 4.78 is 44.2. The minimum Gasteiger partial charge on any atom is -0.481 e. The van der Waals surface area contributed by atoms with Gasteiger partial charge in [0.25, 0.3) is 0 Å². The van der Waals surface area contributed by atoms with Crippen LogP contribution in [0.1, 0.15) is 17.3 Å². The summed E-state index contributed by atoms with van der Waals surface area (Å²) in [6.45, 7) is 1.45. The highest BCUT2D eigenvalue weighted by atomic mass is 32.2. The van der Waals surface area contributed by atoms with Crippen molar-refractivity contribution in [2.24, 2.45) is 11.8 Å². The van der Waals surface area contributed by atoms with Crippen LogP contribution in [0.5, 0.6) is 0 Å². The summed E-state index contributed by atoms with van der Waals surface area (Å²) in [7, 11) is -3.08. The molecule has 9 heteroatoms. The number of carboxylic acid groups (broad SMARTS) is 1. The third-order valence-electron chi connectivity index (χ3n) is 3.86. The lowest BCUT2D eigenvalue weighted by atomic mass is 9.99. The minimum atomic E-state index is -4.14. The number of nitrogens with zero attached hydrogens (tertiary/aromatic N) is 1. The first-order valence-electron chi connectivity index (χ1n) is 6.79. The predicted molar refractivity (Wildman–Crippen MR) is 76.8 cm³/mol. The fraction of sp³-hybridized carbons (Fsp3) is 0.429. The van der Waals surface area contributed by atoms with Crippen LogP contribution in [0.2, 0.25) is 0 Å². The van der Waals surface area contributed by atoms with Crippen LogP contribution in [0.25, 0.3) is 0 Å². The van der Waals surface area contributed by atoms with Crippen LogP contribution in [0.4, 0.5) is 4.39 Å². The number of halogens is 1. The van der Waals surface area contributed by atoms with E-state index in [1.807, 2.05) is 0 Å². The van der Waals surface area contributed by atoms with Gasteiger partial charge in [0, 0.05) is 13.1 Å². The lowest BCUT2D eigenvalue weighted by molar-refractivity contribution is -0.142. The number of sulfonamides is 1. The molecule has 1 heterocycles. The van der Waals surface area contributed by atoms with Crippen LogP contribution in [0.3, 0.4) is 0 Å². The summed E-state index contributed by atoms with van der Waals surface area (Å²) in [5, 5.41) is 9.11. The molecule has 1 aliphatic rings. The zero-order chi connectivity index (χ0) is 17.4. The van der Waals surface area contributed by atoms with Crippen molar-refractivity contribution < 1.29 is 32.2 Å². The highest BCUT2D eigenvalue weighted by Gasteiger charge is 2.41. The van der Waals surface area contributed by atoms with Crippen LogP contribution < -0.4 is 0 Å². The fourth-order valence-corrected chi connectivity index (χ4v) is 4.30. The highest BCUT2D eigenvalue weighted by Crippen LogP contribution is 2.30. The van der Waals surface area contributed by atoms with E-state index in [4.69, 9.17) is 5.11 Å². The number of carbonyl (C=O) groups is 2. The van der Waals surface area contributed by atoms with Crippen LogP contribution >= 0.6 is 0 Å². The number of rotatable bonds is 4. The van der Waals surface area contributed by atoms with Crippen molar-refractivity contribution in [3.05, 3.63) is 29.6 Å². The molecule has 1 aromatic rings. The number of hydrogen-bond donors (Lipinski definition) is 1. The number of hydrogen-bond acceptors (Lipinski definition) is 5. The number of esters is 1. The first kappa shape index (κ1) is 17.4. The molecule has 0 aliphatic carbocycles. The van der Waals surface area contributed by atoms with Gasteiger partial charge < -0.3 is 9.84 Å². The Bertz CT molecular complexity index is 748. The van der Waals surface area contributed by atoms with E-state index in [9.17, 15) is 22.4 Å². The number of ether oxygens (including phenoxy) is 1. The summed E-state index contributed by atoms with van der Waals surface area (Å²) in [5.41, 5.74) is -0.418. The Morgan fingerprint density at radius 2 is 2.00 bits per heavy atom. The van der Waals surface area contributed by atoms with E-state index >= 15 is 0 Å². The van der Waals surface area contributed by atoms with E-state index in [0.717, 1.165) is 29.6 Å². The predicted octanol–water partition coefficient (Wildman–Crippen LogP) is 0.954. The maximum absolute atomic E-state index is 13.3. The van der Waals surface area contributed by atoms with Gasteiger partial charge in [-0.1, -0.05) is 6.92 Å². The Morgan fingerprint density at radius 1 is 1.35 bits per heavy atom. The molecule has 7 nitrogen and oxygen atoms in total. The number of methoxy groups -OCH3 is 1. The Hall–Kier alpha value is -2.00. The van der Waals surface area contributed by atoms with E-state index in [2.05, 4.69) is 4.74 Å². The second-order valence-corrected chi connectivity index (χ2v) is 7.28. The number of aliphatic carboxylic acids is 1. The molecule has 1 saturated heterocycles. The number of benzene rings is 1. The molecule has 0 bridgehead atoms. The van der Waals surface area contributed by atoms with Crippen LogP contribution in [0.15, 0.2) is 23.1 Å². The molecule has 2 rings (SSSR count). The lowest BCUT2D eigenvalue weighted by Crippen LogP contribution is -2.31. The summed E-state index contributed by atoms with van der Waals surface area (Å²) in [6, 6.07) is 2.69.